The molecule has 86 heavy (non-hydrogen) atoms. The molecule has 0 radical (unpaired) electrons. The van der Waals surface area contributed by atoms with Crippen molar-refractivity contribution in [3.05, 3.63) is 152 Å². The number of nitrogens with zero attached hydrogens (tertiary/aromatic N) is 5. The normalized spacial score (nSPS) is 19.8. The molecule has 5 heterocycles. The second-order valence-corrected chi connectivity index (χ2v) is 25.8. The van der Waals surface area contributed by atoms with Crippen LogP contribution in [0, 0.1) is 33.3 Å². The molecule has 2 aliphatic carbocycles. The van der Waals surface area contributed by atoms with E-state index in [4.69, 9.17) is 16.3 Å². The Kier molecular flexibility index (Phi) is 17.3. The number of piperidine rings is 1. The van der Waals surface area contributed by atoms with Crippen molar-refractivity contribution in [2.75, 3.05) is 49.5 Å². The maximum atomic E-state index is 14.2. The first-order valence-corrected chi connectivity index (χ1v) is 31.0. The Balaban J connectivity index is 0.686. The number of nitro groups is 1. The molecule has 2 aromatic heterocycles. The zero-order valence-electron chi connectivity index (χ0n) is 47.9. The lowest BCUT2D eigenvalue weighted by atomic mass is 9.72. The molecule has 446 valence electrons. The van der Waals surface area contributed by atoms with E-state index in [1.54, 1.807) is 42.6 Å². The Bertz CT molecular complexity index is 3880. The lowest BCUT2D eigenvalue weighted by Gasteiger charge is -2.39. The van der Waals surface area contributed by atoms with Gasteiger partial charge >= 0.3 is 0 Å². The van der Waals surface area contributed by atoms with Gasteiger partial charge in [0, 0.05) is 117 Å². The van der Waals surface area contributed by atoms with Crippen molar-refractivity contribution in [2.24, 2.45) is 11.3 Å². The molecule has 5 N–H and O–H groups in total. The van der Waals surface area contributed by atoms with Crippen molar-refractivity contribution in [2.45, 2.75) is 108 Å². The van der Waals surface area contributed by atoms with E-state index in [9.17, 15) is 42.5 Å². The number of carbonyl (C=O) groups excluding carboxylic acids is 5. The van der Waals surface area contributed by atoms with Gasteiger partial charge in [-0.05, 0) is 140 Å². The molecule has 11 rings (SSSR count). The third kappa shape index (κ3) is 13.6. The Morgan fingerprint density at radius 3 is 2.49 bits per heavy atom. The molecule has 5 aliphatic rings. The summed E-state index contributed by atoms with van der Waals surface area (Å²) in [6.45, 7) is 9.04. The number of imide groups is 1. The molecule has 2 saturated heterocycles. The minimum absolute atomic E-state index is 0.0609. The summed E-state index contributed by atoms with van der Waals surface area (Å²) < 4.78 is 36.4. The van der Waals surface area contributed by atoms with Gasteiger partial charge in [-0.15, -0.1) is 0 Å². The van der Waals surface area contributed by atoms with Gasteiger partial charge in [0.2, 0.25) is 17.7 Å². The predicted molar refractivity (Wildman–Crippen MR) is 326 cm³/mol. The van der Waals surface area contributed by atoms with Gasteiger partial charge in [0.05, 0.1) is 21.6 Å². The van der Waals surface area contributed by atoms with Crippen molar-refractivity contribution in [3.63, 3.8) is 0 Å². The predicted octanol–water partition coefficient (Wildman–Crippen LogP) is 9.50. The van der Waals surface area contributed by atoms with Crippen LogP contribution in [-0.2, 0) is 31.0 Å². The molecular weight excluding hydrogens is 1140 g/mol. The maximum absolute atomic E-state index is 14.2. The number of piperazine rings is 1. The number of carbonyl (C=O) groups is 5. The molecule has 4 aromatic carbocycles. The first-order chi connectivity index (χ1) is 41.3. The van der Waals surface area contributed by atoms with E-state index in [2.05, 4.69) is 78.3 Å². The summed E-state index contributed by atoms with van der Waals surface area (Å²) in [6, 6.07) is 24.7. The highest BCUT2D eigenvalue weighted by molar-refractivity contribution is 7.90. The van der Waals surface area contributed by atoms with Crippen molar-refractivity contribution in [3.8, 4) is 23.3 Å². The number of hydrogen-bond donors (Lipinski definition) is 5. The largest absolute Gasteiger partial charge is 0.455 e. The second-order valence-electron chi connectivity index (χ2n) is 23.6. The number of rotatable bonds is 17. The molecule has 22 heteroatoms. The van der Waals surface area contributed by atoms with Crippen molar-refractivity contribution < 1.29 is 42.1 Å². The van der Waals surface area contributed by atoms with Crippen molar-refractivity contribution >= 4 is 84.8 Å². The Morgan fingerprint density at radius 2 is 1.72 bits per heavy atom. The number of nitro benzene ring substituents is 1. The molecule has 3 aliphatic heterocycles. The van der Waals surface area contributed by atoms with Crippen LogP contribution in [0.15, 0.2) is 114 Å². The molecule has 1 saturated carbocycles. The monoisotopic (exact) mass is 1200 g/mol. The van der Waals surface area contributed by atoms with Crippen LogP contribution in [0.5, 0.6) is 11.5 Å². The van der Waals surface area contributed by atoms with Crippen LogP contribution < -0.4 is 30.3 Å². The highest BCUT2D eigenvalue weighted by atomic mass is 35.5. The van der Waals surface area contributed by atoms with Crippen LogP contribution in [0.1, 0.15) is 122 Å². The summed E-state index contributed by atoms with van der Waals surface area (Å²) in [6.07, 6.45) is 10.1. The molecule has 5 amide bonds. The Hall–Kier alpha value is -8.58. The van der Waals surface area contributed by atoms with E-state index in [0.29, 0.717) is 65.6 Å². The number of halogens is 1. The van der Waals surface area contributed by atoms with E-state index >= 15 is 0 Å². The first-order valence-electron chi connectivity index (χ1n) is 29.2. The minimum atomic E-state index is -4.66. The maximum Gasteiger partial charge on any atom is 0.293 e. The third-order valence-corrected chi connectivity index (χ3v) is 18.7. The number of benzene rings is 4. The number of pyridine rings is 1. The standard InChI is InChI=1S/C64H67ClN10O10S/c1-64(2)26-24-44(52(35-64)42-12-14-45(65)15-13-42)38-72-28-30-73(31-29-72)47-18-20-51(57(33-47)85-48-32-43-25-27-66-60(43)68-37-48)61(78)71-86(83,84)49-19-21-54(56(34-49)75(81)82)67-36-40-10-16-46(17-11-40)69-58(76)9-4-3-6-41-7-5-8-50-53(41)39-74(63(50)80)55-22-23-59(77)70-62(55)79/h5,7-8,12-15,18-21,25,27,32-34,37,40,46,55,67H,4,9-11,16-17,22-24,26,28-31,35-36,38-39H2,1-2H3,(H,66,68)(H,69,76)(H,71,78)(H,70,77,79)/t40-,46+,55?. The molecule has 3 fully saturated rings. The molecule has 0 spiro atoms. The van der Waals surface area contributed by atoms with Gasteiger partial charge < -0.3 is 30.2 Å². The van der Waals surface area contributed by atoms with Gasteiger partial charge in [-0.2, -0.15) is 0 Å². The van der Waals surface area contributed by atoms with Gasteiger partial charge in [0.25, 0.3) is 27.5 Å². The topological polar surface area (TPSA) is 258 Å². The number of anilines is 2. The van der Waals surface area contributed by atoms with E-state index in [1.165, 1.54) is 46.0 Å². The fraction of sp³-hybridized carbons (Fsp3) is 0.375. The van der Waals surface area contributed by atoms with Crippen LogP contribution in [0.4, 0.5) is 17.1 Å². The van der Waals surface area contributed by atoms with Crippen molar-refractivity contribution in [1.82, 2.24) is 35.1 Å². The number of aromatic amines is 1. The summed E-state index contributed by atoms with van der Waals surface area (Å²) in [4.78, 5) is 89.5. The van der Waals surface area contributed by atoms with Gasteiger partial charge in [-0.3, -0.25) is 44.3 Å². The zero-order valence-corrected chi connectivity index (χ0v) is 49.5. The average Bonchev–Trinajstić information content (AvgIpc) is 1.92. The molecule has 6 aromatic rings. The second kappa shape index (κ2) is 25.2. The number of ether oxygens (including phenoxy) is 1. The quantitative estimate of drug-likeness (QED) is 0.0247. The van der Waals surface area contributed by atoms with Crippen LogP contribution in [0.2, 0.25) is 5.02 Å². The van der Waals surface area contributed by atoms with Gasteiger partial charge in [-0.1, -0.05) is 61.1 Å². The smallest absolute Gasteiger partial charge is 0.293 e. The molecule has 0 bridgehead atoms. The summed E-state index contributed by atoms with van der Waals surface area (Å²) in [7, 11) is -4.66. The van der Waals surface area contributed by atoms with Gasteiger partial charge in [0.1, 0.15) is 28.9 Å². The summed E-state index contributed by atoms with van der Waals surface area (Å²) in [5, 5.41) is 22.5. The SMILES string of the molecule is CC1(C)CCC(CN2CCN(c3ccc(C(=O)NS(=O)(=O)c4ccc(NC[C@H]5CC[C@@H](NC(=O)CCC#Cc6cccc7c6CN(C6CCC(=O)NC6=O)C7=O)CC5)c([N+](=O)[O-])c4)c(Oc4cnc5[nH]ccc5c4)c3)CC2)=C(c2ccc(Cl)cc2)C1. The number of fused-ring (bicyclic) bond motifs is 2. The van der Waals surface area contributed by atoms with E-state index in [1.807, 2.05) is 18.2 Å². The zero-order chi connectivity index (χ0) is 60.3. The van der Waals surface area contributed by atoms with E-state index < -0.39 is 43.4 Å². The Morgan fingerprint density at radius 1 is 0.930 bits per heavy atom. The molecule has 20 nitrogen and oxygen atoms in total. The third-order valence-electron chi connectivity index (χ3n) is 17.1. The Labute approximate surface area is 503 Å². The summed E-state index contributed by atoms with van der Waals surface area (Å²) in [5.74, 6) is 4.42. The van der Waals surface area contributed by atoms with Crippen molar-refractivity contribution in [1.29, 1.82) is 0 Å². The van der Waals surface area contributed by atoms with Crippen LogP contribution in [0.3, 0.4) is 0 Å². The van der Waals surface area contributed by atoms with E-state index in [0.717, 1.165) is 68.9 Å². The number of aromatic nitrogens is 2. The van der Waals surface area contributed by atoms with Gasteiger partial charge in [0.15, 0.2) is 0 Å². The number of amides is 5. The number of allylic oxidation sites excluding steroid dienone is 1. The molecule has 1 atom stereocenters. The lowest BCUT2D eigenvalue weighted by Crippen LogP contribution is -2.52. The average molecular weight is 1200 g/mol. The number of H-pyrrole nitrogens is 1. The lowest BCUT2D eigenvalue weighted by molar-refractivity contribution is -0.384. The molecule has 1 unspecified atom stereocenters. The molecular formula is C64H67ClN10O10S. The van der Waals surface area contributed by atoms with Crippen LogP contribution in [-0.4, -0.2) is 114 Å². The summed E-state index contributed by atoms with van der Waals surface area (Å²) in [5.41, 5.74) is 7.06. The fourth-order valence-corrected chi connectivity index (χ4v) is 13.4. The van der Waals surface area contributed by atoms with Gasteiger partial charge in [-0.25, -0.2) is 18.1 Å². The van der Waals surface area contributed by atoms with Crippen LogP contribution in [0.25, 0.3) is 16.6 Å². The number of sulfonamides is 1. The minimum Gasteiger partial charge on any atom is -0.455 e. The fourth-order valence-electron chi connectivity index (χ4n) is 12.3. The number of hydrogen-bond acceptors (Lipinski definition) is 14. The van der Waals surface area contributed by atoms with Crippen LogP contribution >= 0.6 is 11.6 Å². The highest BCUT2D eigenvalue weighted by Gasteiger charge is 2.40. The van der Waals surface area contributed by atoms with E-state index in [-0.39, 0.29) is 84.3 Å². The number of nitrogens with one attached hydrogen (secondary N) is 5. The summed E-state index contributed by atoms with van der Waals surface area (Å²) >= 11 is 6.27. The first kappa shape index (κ1) is 59.2. The highest BCUT2D eigenvalue weighted by Crippen LogP contribution is 2.44.